The number of aliphatic hydroxyl groups is 2. The minimum absolute atomic E-state index is 0.207. The van der Waals surface area contributed by atoms with E-state index in [1.165, 1.54) is 38.5 Å². The Morgan fingerprint density at radius 3 is 1.39 bits per heavy atom. The molecule has 5 heteroatoms. The fourth-order valence-electron chi connectivity index (χ4n) is 3.37. The second kappa shape index (κ2) is 25.5. The summed E-state index contributed by atoms with van der Waals surface area (Å²) in [6.45, 7) is 5.39. The van der Waals surface area contributed by atoms with Crippen molar-refractivity contribution < 1.29 is 24.4 Å². The summed E-state index contributed by atoms with van der Waals surface area (Å²) in [6, 6.07) is 0. The van der Waals surface area contributed by atoms with E-state index in [2.05, 4.69) is 26.0 Å². The molecule has 0 radical (unpaired) electrons. The van der Waals surface area contributed by atoms with Gasteiger partial charge in [-0.3, -0.25) is 0 Å². The van der Waals surface area contributed by atoms with E-state index in [9.17, 15) is 0 Å². The van der Waals surface area contributed by atoms with Crippen LogP contribution in [-0.2, 0) is 14.2 Å². The summed E-state index contributed by atoms with van der Waals surface area (Å²) >= 11 is 0. The normalized spacial score (nSPS) is 14.1. The molecule has 0 aromatic rings. The molecule has 0 saturated carbocycles. The highest BCUT2D eigenvalue weighted by molar-refractivity contribution is 4.83. The van der Waals surface area contributed by atoms with Crippen LogP contribution in [0.15, 0.2) is 24.3 Å². The van der Waals surface area contributed by atoms with Crippen molar-refractivity contribution in [3.05, 3.63) is 24.3 Å². The smallest absolute Gasteiger partial charge is 0.149 e. The Labute approximate surface area is 191 Å². The lowest BCUT2D eigenvalue weighted by atomic mass is 10.1. The summed E-state index contributed by atoms with van der Waals surface area (Å²) in [6.07, 6.45) is 23.5. The standard InChI is InChI=1S/C26H50O5/c1-3-5-11-17-25(19-13-7-9-15-21-27)30-23-29-24-31-26(18-12-6-4-2)20-14-8-10-16-22-28/h7-10,25-28H,3-6,11-24H2,1-2H3/b9-7-,10-8-. The Hall–Kier alpha value is -0.720. The number of hydrogen-bond donors (Lipinski definition) is 2. The van der Waals surface area contributed by atoms with Crippen LogP contribution < -0.4 is 0 Å². The van der Waals surface area contributed by atoms with Gasteiger partial charge in [-0.05, 0) is 51.4 Å². The second-order valence-corrected chi connectivity index (χ2v) is 8.13. The molecule has 0 aliphatic heterocycles. The zero-order valence-electron chi connectivity index (χ0n) is 20.3. The quantitative estimate of drug-likeness (QED) is 0.104. The highest BCUT2D eigenvalue weighted by Gasteiger charge is 2.10. The maximum atomic E-state index is 8.85. The van der Waals surface area contributed by atoms with Crippen LogP contribution in [0.4, 0.5) is 0 Å². The predicted octanol–water partition coefficient (Wildman–Crippen LogP) is 6.29. The lowest BCUT2D eigenvalue weighted by Gasteiger charge is -2.19. The third-order valence-corrected chi connectivity index (χ3v) is 5.27. The summed E-state index contributed by atoms with van der Waals surface area (Å²) in [5.41, 5.74) is 0. The molecule has 0 rings (SSSR count). The summed E-state index contributed by atoms with van der Waals surface area (Å²) in [4.78, 5) is 0. The molecule has 31 heavy (non-hydrogen) atoms. The largest absolute Gasteiger partial charge is 0.396 e. The summed E-state index contributed by atoms with van der Waals surface area (Å²) in [5.74, 6) is 0. The van der Waals surface area contributed by atoms with E-state index in [1.807, 2.05) is 12.2 Å². The van der Waals surface area contributed by atoms with E-state index in [-0.39, 0.29) is 39.0 Å². The Morgan fingerprint density at radius 1 is 0.581 bits per heavy atom. The lowest BCUT2D eigenvalue weighted by molar-refractivity contribution is -0.167. The first-order valence-corrected chi connectivity index (χ1v) is 12.6. The van der Waals surface area contributed by atoms with Crippen molar-refractivity contribution in [2.45, 2.75) is 116 Å². The first kappa shape index (κ1) is 30.3. The van der Waals surface area contributed by atoms with E-state index in [4.69, 9.17) is 24.4 Å². The Kier molecular flexibility index (Phi) is 24.9. The third-order valence-electron chi connectivity index (χ3n) is 5.27. The average molecular weight is 443 g/mol. The van der Waals surface area contributed by atoms with Crippen molar-refractivity contribution in [2.75, 3.05) is 26.8 Å². The van der Waals surface area contributed by atoms with Gasteiger partial charge in [0.2, 0.25) is 0 Å². The highest BCUT2D eigenvalue weighted by Crippen LogP contribution is 2.15. The fraction of sp³-hybridized carbons (Fsp3) is 0.846. The van der Waals surface area contributed by atoms with Gasteiger partial charge < -0.3 is 24.4 Å². The maximum Gasteiger partial charge on any atom is 0.149 e. The van der Waals surface area contributed by atoms with Crippen molar-refractivity contribution in [2.24, 2.45) is 0 Å². The molecule has 0 aromatic carbocycles. The van der Waals surface area contributed by atoms with Crippen molar-refractivity contribution in [1.29, 1.82) is 0 Å². The highest BCUT2D eigenvalue weighted by atomic mass is 16.7. The van der Waals surface area contributed by atoms with Gasteiger partial charge in [0.25, 0.3) is 0 Å². The van der Waals surface area contributed by atoms with Gasteiger partial charge >= 0.3 is 0 Å². The van der Waals surface area contributed by atoms with Crippen LogP contribution in [0.2, 0.25) is 0 Å². The van der Waals surface area contributed by atoms with E-state index in [0.29, 0.717) is 0 Å². The molecule has 184 valence electrons. The number of hydrogen-bond acceptors (Lipinski definition) is 5. The van der Waals surface area contributed by atoms with Gasteiger partial charge in [-0.1, -0.05) is 76.7 Å². The summed E-state index contributed by atoms with van der Waals surface area (Å²) in [5, 5.41) is 17.7. The predicted molar refractivity (Wildman–Crippen MR) is 129 cm³/mol. The van der Waals surface area contributed by atoms with Gasteiger partial charge in [0.05, 0.1) is 12.2 Å². The van der Waals surface area contributed by atoms with Crippen molar-refractivity contribution in [1.82, 2.24) is 0 Å². The molecular formula is C26H50O5. The van der Waals surface area contributed by atoms with E-state index < -0.39 is 0 Å². The lowest BCUT2D eigenvalue weighted by Crippen LogP contribution is -2.19. The number of rotatable bonds is 24. The molecule has 2 N–H and O–H groups in total. The van der Waals surface area contributed by atoms with Gasteiger partial charge in [-0.15, -0.1) is 0 Å². The molecule has 0 fully saturated rings. The van der Waals surface area contributed by atoms with Gasteiger partial charge in [-0.25, -0.2) is 0 Å². The molecule has 0 saturated heterocycles. The fourth-order valence-corrected chi connectivity index (χ4v) is 3.37. The molecule has 0 bridgehead atoms. The van der Waals surface area contributed by atoms with Crippen molar-refractivity contribution in [3.8, 4) is 0 Å². The van der Waals surface area contributed by atoms with Gasteiger partial charge in [0.15, 0.2) is 0 Å². The number of aliphatic hydroxyl groups excluding tert-OH is 2. The topological polar surface area (TPSA) is 68.2 Å². The van der Waals surface area contributed by atoms with E-state index in [1.54, 1.807) is 0 Å². The average Bonchev–Trinajstić information content (AvgIpc) is 2.77. The van der Waals surface area contributed by atoms with Crippen LogP contribution in [0.25, 0.3) is 0 Å². The molecule has 0 aliphatic carbocycles. The minimum atomic E-state index is 0.207. The van der Waals surface area contributed by atoms with E-state index >= 15 is 0 Å². The maximum absolute atomic E-state index is 8.85. The third kappa shape index (κ3) is 22.3. The zero-order chi connectivity index (χ0) is 22.8. The van der Waals surface area contributed by atoms with Crippen LogP contribution in [0.3, 0.4) is 0 Å². The molecule has 5 nitrogen and oxygen atoms in total. The molecule has 0 aromatic heterocycles. The monoisotopic (exact) mass is 442 g/mol. The van der Waals surface area contributed by atoms with Gasteiger partial charge in [0.1, 0.15) is 13.6 Å². The molecule has 2 atom stereocenters. The van der Waals surface area contributed by atoms with Crippen molar-refractivity contribution in [3.63, 3.8) is 0 Å². The van der Waals surface area contributed by atoms with E-state index in [0.717, 1.165) is 51.4 Å². The molecule has 0 aliphatic rings. The van der Waals surface area contributed by atoms with Gasteiger partial charge in [0, 0.05) is 13.2 Å². The molecular weight excluding hydrogens is 392 g/mol. The SMILES string of the molecule is CCCCCC(CC/C=C\CCO)OCOCOC(CC/C=C\CCO)CCCCC. The summed E-state index contributed by atoms with van der Waals surface area (Å²) < 4.78 is 17.6. The number of unbranched alkanes of at least 4 members (excludes halogenated alkanes) is 4. The molecule has 0 spiro atoms. The number of allylic oxidation sites excluding steroid dienone is 2. The van der Waals surface area contributed by atoms with Crippen LogP contribution >= 0.6 is 0 Å². The van der Waals surface area contributed by atoms with Crippen LogP contribution in [0, 0.1) is 0 Å². The molecule has 0 amide bonds. The first-order valence-electron chi connectivity index (χ1n) is 12.6. The molecule has 2 unspecified atom stereocenters. The van der Waals surface area contributed by atoms with Crippen molar-refractivity contribution >= 4 is 0 Å². The zero-order valence-corrected chi connectivity index (χ0v) is 20.3. The Balaban J connectivity index is 4.17. The summed E-state index contributed by atoms with van der Waals surface area (Å²) in [7, 11) is 0. The van der Waals surface area contributed by atoms with Crippen LogP contribution in [0.1, 0.15) is 104 Å². The van der Waals surface area contributed by atoms with Crippen LogP contribution in [-0.4, -0.2) is 49.2 Å². The molecule has 0 heterocycles. The minimum Gasteiger partial charge on any atom is -0.396 e. The van der Waals surface area contributed by atoms with Gasteiger partial charge in [-0.2, -0.15) is 0 Å². The van der Waals surface area contributed by atoms with Crippen LogP contribution in [0.5, 0.6) is 0 Å². The Morgan fingerprint density at radius 2 is 1.00 bits per heavy atom. The first-order chi connectivity index (χ1) is 15.3. The Bertz CT molecular complexity index is 361. The second-order valence-electron chi connectivity index (χ2n) is 8.13. The number of ether oxygens (including phenoxy) is 3.